The third kappa shape index (κ3) is 5.70. The Labute approximate surface area is 98.5 Å². The quantitative estimate of drug-likeness (QED) is 0.755. The van der Waals surface area contributed by atoms with E-state index in [1.165, 1.54) is 0 Å². The number of aliphatic hydroxyl groups is 1. The summed E-state index contributed by atoms with van der Waals surface area (Å²) in [6.07, 6.45) is -5.25. The molecule has 1 atom stereocenters. The van der Waals surface area contributed by atoms with E-state index in [0.717, 1.165) is 18.4 Å². The fourth-order valence-corrected chi connectivity index (χ4v) is 1.42. The number of halogens is 3. The first-order valence-electron chi connectivity index (χ1n) is 5.49. The van der Waals surface area contributed by atoms with Crippen molar-refractivity contribution in [1.82, 2.24) is 5.32 Å². The summed E-state index contributed by atoms with van der Waals surface area (Å²) in [7, 11) is 0. The highest BCUT2D eigenvalue weighted by Gasteiger charge is 2.37. The Balaban J connectivity index is 2.09. The van der Waals surface area contributed by atoms with E-state index in [1.54, 1.807) is 0 Å². The van der Waals surface area contributed by atoms with Crippen LogP contribution in [-0.4, -0.2) is 30.5 Å². The van der Waals surface area contributed by atoms with Crippen molar-refractivity contribution in [2.75, 3.05) is 13.1 Å². The monoisotopic (exact) mass is 247 g/mol. The molecule has 0 saturated heterocycles. The number of rotatable bonds is 6. The summed E-state index contributed by atoms with van der Waals surface area (Å²) in [5, 5.41) is 11.3. The van der Waals surface area contributed by atoms with Gasteiger partial charge in [-0.15, -0.1) is 0 Å². The molecule has 2 N–H and O–H groups in total. The summed E-state index contributed by atoms with van der Waals surface area (Å²) in [5.41, 5.74) is 1.16. The molecule has 0 radical (unpaired) electrons. The molecule has 0 saturated carbocycles. The number of alkyl halides is 3. The van der Waals surface area contributed by atoms with E-state index in [9.17, 15) is 13.2 Å². The Kier molecular flexibility index (Phi) is 5.44. The Morgan fingerprint density at radius 2 is 1.82 bits per heavy atom. The molecule has 17 heavy (non-hydrogen) atoms. The van der Waals surface area contributed by atoms with Crippen molar-refractivity contribution in [3.8, 4) is 0 Å². The second kappa shape index (κ2) is 6.61. The van der Waals surface area contributed by atoms with Crippen LogP contribution in [0.25, 0.3) is 0 Å². The zero-order valence-corrected chi connectivity index (χ0v) is 9.37. The minimum Gasteiger partial charge on any atom is -0.382 e. The topological polar surface area (TPSA) is 32.3 Å². The van der Waals surface area contributed by atoms with E-state index < -0.39 is 18.8 Å². The molecular formula is C12H16F3NO. The van der Waals surface area contributed by atoms with Crippen LogP contribution in [0.2, 0.25) is 0 Å². The molecule has 0 aromatic heterocycles. The Hall–Kier alpha value is -1.07. The van der Waals surface area contributed by atoms with E-state index in [2.05, 4.69) is 5.32 Å². The van der Waals surface area contributed by atoms with Crippen LogP contribution in [0.15, 0.2) is 30.3 Å². The van der Waals surface area contributed by atoms with Gasteiger partial charge >= 0.3 is 6.18 Å². The predicted molar refractivity (Wildman–Crippen MR) is 59.7 cm³/mol. The van der Waals surface area contributed by atoms with Gasteiger partial charge in [0.25, 0.3) is 0 Å². The summed E-state index contributed by atoms with van der Waals surface area (Å²) >= 11 is 0. The van der Waals surface area contributed by atoms with Gasteiger partial charge in [0, 0.05) is 6.54 Å². The molecule has 96 valence electrons. The van der Waals surface area contributed by atoms with E-state index in [1.807, 2.05) is 30.3 Å². The van der Waals surface area contributed by atoms with Gasteiger partial charge in [0.1, 0.15) is 0 Å². The standard InChI is InChI=1S/C12H16F3NO/c13-12(14,15)11(17)9-16-8-4-7-10-5-2-1-3-6-10/h1-3,5-6,11,16-17H,4,7-9H2. The number of hydrogen-bond donors (Lipinski definition) is 2. The number of benzene rings is 1. The lowest BCUT2D eigenvalue weighted by Gasteiger charge is -2.14. The van der Waals surface area contributed by atoms with Gasteiger partial charge < -0.3 is 10.4 Å². The molecular weight excluding hydrogens is 231 g/mol. The summed E-state index contributed by atoms with van der Waals surface area (Å²) in [5.74, 6) is 0. The molecule has 0 heterocycles. The number of nitrogens with one attached hydrogen (secondary N) is 1. The van der Waals surface area contributed by atoms with Gasteiger partial charge in [-0.3, -0.25) is 0 Å². The normalized spacial score (nSPS) is 13.6. The third-order valence-electron chi connectivity index (χ3n) is 2.38. The largest absolute Gasteiger partial charge is 0.415 e. The molecule has 0 amide bonds. The van der Waals surface area contributed by atoms with Crippen molar-refractivity contribution in [2.45, 2.75) is 25.1 Å². The molecule has 5 heteroatoms. The lowest BCUT2D eigenvalue weighted by Crippen LogP contribution is -2.38. The molecule has 0 fully saturated rings. The highest BCUT2D eigenvalue weighted by atomic mass is 19.4. The van der Waals surface area contributed by atoms with Crippen LogP contribution in [-0.2, 0) is 6.42 Å². The van der Waals surface area contributed by atoms with Gasteiger partial charge in [-0.1, -0.05) is 30.3 Å². The van der Waals surface area contributed by atoms with Crippen molar-refractivity contribution in [1.29, 1.82) is 0 Å². The molecule has 2 nitrogen and oxygen atoms in total. The fraction of sp³-hybridized carbons (Fsp3) is 0.500. The molecule has 0 aliphatic heterocycles. The predicted octanol–water partition coefficient (Wildman–Crippen LogP) is 2.13. The fourth-order valence-electron chi connectivity index (χ4n) is 1.42. The van der Waals surface area contributed by atoms with Crippen molar-refractivity contribution in [3.63, 3.8) is 0 Å². The van der Waals surface area contributed by atoms with Gasteiger partial charge in [-0.05, 0) is 24.9 Å². The molecule has 1 unspecified atom stereocenters. The zero-order chi connectivity index (χ0) is 12.7. The lowest BCUT2D eigenvalue weighted by atomic mass is 10.1. The van der Waals surface area contributed by atoms with Crippen LogP contribution >= 0.6 is 0 Å². The molecule has 0 aliphatic carbocycles. The van der Waals surface area contributed by atoms with Crippen LogP contribution in [0.5, 0.6) is 0 Å². The van der Waals surface area contributed by atoms with Crippen LogP contribution in [0.3, 0.4) is 0 Å². The maximum Gasteiger partial charge on any atom is 0.415 e. The SMILES string of the molecule is OC(CNCCCc1ccccc1)C(F)(F)F. The smallest absolute Gasteiger partial charge is 0.382 e. The van der Waals surface area contributed by atoms with Gasteiger partial charge in [0.05, 0.1) is 0 Å². The summed E-state index contributed by atoms with van der Waals surface area (Å²) in [6, 6.07) is 9.73. The van der Waals surface area contributed by atoms with E-state index >= 15 is 0 Å². The van der Waals surface area contributed by atoms with Crippen molar-refractivity contribution in [2.24, 2.45) is 0 Å². The average Bonchev–Trinajstić information content (AvgIpc) is 2.28. The first-order chi connectivity index (χ1) is 8.00. The number of aryl methyl sites for hydroxylation is 1. The van der Waals surface area contributed by atoms with Crippen LogP contribution < -0.4 is 5.32 Å². The first-order valence-corrected chi connectivity index (χ1v) is 5.49. The molecule has 0 bridgehead atoms. The van der Waals surface area contributed by atoms with E-state index in [0.29, 0.717) is 6.54 Å². The zero-order valence-electron chi connectivity index (χ0n) is 9.37. The van der Waals surface area contributed by atoms with Crippen LogP contribution in [0.4, 0.5) is 13.2 Å². The summed E-state index contributed by atoms with van der Waals surface area (Å²) in [4.78, 5) is 0. The van der Waals surface area contributed by atoms with Gasteiger partial charge in [0.15, 0.2) is 6.10 Å². The highest BCUT2D eigenvalue weighted by Crippen LogP contribution is 2.19. The molecule has 1 rings (SSSR count). The molecule has 0 spiro atoms. The summed E-state index contributed by atoms with van der Waals surface area (Å²) in [6.45, 7) is 0.0142. The van der Waals surface area contributed by atoms with Gasteiger partial charge in [0.2, 0.25) is 0 Å². The Morgan fingerprint density at radius 1 is 1.18 bits per heavy atom. The van der Waals surface area contributed by atoms with Gasteiger partial charge in [-0.2, -0.15) is 13.2 Å². The molecule has 0 aliphatic rings. The van der Waals surface area contributed by atoms with Crippen molar-refractivity contribution in [3.05, 3.63) is 35.9 Å². The van der Waals surface area contributed by atoms with Crippen LogP contribution in [0.1, 0.15) is 12.0 Å². The van der Waals surface area contributed by atoms with Crippen molar-refractivity contribution >= 4 is 0 Å². The van der Waals surface area contributed by atoms with Gasteiger partial charge in [-0.25, -0.2) is 0 Å². The maximum atomic E-state index is 11.9. The Bertz CT molecular complexity index is 313. The maximum absolute atomic E-state index is 11.9. The molecule has 1 aromatic carbocycles. The number of aliphatic hydroxyl groups excluding tert-OH is 1. The first kappa shape index (κ1) is 14.0. The third-order valence-corrected chi connectivity index (χ3v) is 2.38. The van der Waals surface area contributed by atoms with E-state index in [-0.39, 0.29) is 0 Å². The average molecular weight is 247 g/mol. The lowest BCUT2D eigenvalue weighted by molar-refractivity contribution is -0.201. The number of hydrogen-bond acceptors (Lipinski definition) is 2. The second-order valence-corrected chi connectivity index (χ2v) is 3.85. The van der Waals surface area contributed by atoms with Crippen molar-refractivity contribution < 1.29 is 18.3 Å². The minimum absolute atomic E-state index is 0.446. The van der Waals surface area contributed by atoms with Crippen LogP contribution in [0, 0.1) is 0 Å². The molecule has 1 aromatic rings. The highest BCUT2D eigenvalue weighted by molar-refractivity contribution is 5.14. The summed E-state index contributed by atoms with van der Waals surface area (Å²) < 4.78 is 35.8. The minimum atomic E-state index is -4.54. The Morgan fingerprint density at radius 3 is 2.41 bits per heavy atom. The second-order valence-electron chi connectivity index (χ2n) is 3.85. The van der Waals surface area contributed by atoms with E-state index in [4.69, 9.17) is 5.11 Å².